The average Bonchev–Trinajstić information content (AvgIpc) is 2.88. The van der Waals surface area contributed by atoms with Crippen molar-refractivity contribution < 1.29 is 13.6 Å². The minimum Gasteiger partial charge on any atom is -0.305 e. The van der Waals surface area contributed by atoms with Crippen LogP contribution >= 0.6 is 22.9 Å². The number of para-hydroxylation sites is 1. The summed E-state index contributed by atoms with van der Waals surface area (Å²) in [5.41, 5.74) is 0.318. The number of nitrogens with zero attached hydrogens (tertiary/aromatic N) is 1. The third-order valence-corrected chi connectivity index (χ3v) is 4.03. The quantitative estimate of drug-likeness (QED) is 0.699. The largest absolute Gasteiger partial charge is 0.325 e. The van der Waals surface area contributed by atoms with Gasteiger partial charge in [0.25, 0.3) is 0 Å². The summed E-state index contributed by atoms with van der Waals surface area (Å²) in [7, 11) is 0. The van der Waals surface area contributed by atoms with Gasteiger partial charge in [-0.3, -0.25) is 5.32 Å². The highest BCUT2D eigenvalue weighted by molar-refractivity contribution is 7.22. The first-order valence-corrected chi connectivity index (χ1v) is 7.31. The van der Waals surface area contributed by atoms with Gasteiger partial charge in [-0.1, -0.05) is 35.1 Å². The second-order valence-corrected chi connectivity index (χ2v) is 5.72. The summed E-state index contributed by atoms with van der Waals surface area (Å²) < 4.78 is 27.3. The summed E-state index contributed by atoms with van der Waals surface area (Å²) in [4.78, 5) is 16.0. The Kier molecular flexibility index (Phi) is 3.91. The molecule has 8 heteroatoms. The van der Waals surface area contributed by atoms with Gasteiger partial charge in [-0.15, -0.1) is 0 Å². The topological polar surface area (TPSA) is 54.0 Å². The lowest BCUT2D eigenvalue weighted by molar-refractivity contribution is 0.262. The lowest BCUT2D eigenvalue weighted by Crippen LogP contribution is -2.20. The van der Waals surface area contributed by atoms with E-state index >= 15 is 0 Å². The van der Waals surface area contributed by atoms with Gasteiger partial charge in [0, 0.05) is 0 Å². The fourth-order valence-corrected chi connectivity index (χ4v) is 2.98. The minimum absolute atomic E-state index is 0.253. The van der Waals surface area contributed by atoms with Crippen LogP contribution in [-0.2, 0) is 0 Å². The average molecular weight is 340 g/mol. The van der Waals surface area contributed by atoms with E-state index in [2.05, 4.69) is 15.6 Å². The van der Waals surface area contributed by atoms with Crippen LogP contribution in [0.25, 0.3) is 10.2 Å². The van der Waals surface area contributed by atoms with Crippen LogP contribution in [0.5, 0.6) is 0 Å². The zero-order chi connectivity index (χ0) is 15.7. The molecule has 0 bridgehead atoms. The smallest absolute Gasteiger partial charge is 0.305 e. The summed E-state index contributed by atoms with van der Waals surface area (Å²) in [6, 6.07) is 8.07. The molecule has 112 valence electrons. The molecule has 0 aliphatic heterocycles. The number of nitrogens with one attached hydrogen (secondary N) is 2. The van der Waals surface area contributed by atoms with E-state index in [1.165, 1.54) is 23.5 Å². The van der Waals surface area contributed by atoms with Crippen LogP contribution in [0, 0.1) is 11.6 Å². The van der Waals surface area contributed by atoms with Crippen LogP contribution in [0.15, 0.2) is 36.4 Å². The summed E-state index contributed by atoms with van der Waals surface area (Å²) in [5.74, 6) is -2.16. The molecule has 0 radical (unpaired) electrons. The predicted molar refractivity (Wildman–Crippen MR) is 83.6 cm³/mol. The van der Waals surface area contributed by atoms with Crippen molar-refractivity contribution in [2.45, 2.75) is 0 Å². The molecular weight excluding hydrogens is 332 g/mol. The Morgan fingerprint density at radius 2 is 1.91 bits per heavy atom. The number of rotatable bonds is 2. The number of hydrogen-bond acceptors (Lipinski definition) is 3. The van der Waals surface area contributed by atoms with E-state index in [1.807, 2.05) is 6.07 Å². The number of thiazole rings is 1. The molecule has 4 nitrogen and oxygen atoms in total. The molecule has 22 heavy (non-hydrogen) atoms. The number of halogens is 3. The van der Waals surface area contributed by atoms with E-state index in [-0.39, 0.29) is 5.69 Å². The molecule has 3 rings (SSSR count). The molecule has 0 spiro atoms. The molecule has 0 saturated carbocycles. The number of fused-ring (bicyclic) bond motifs is 1. The summed E-state index contributed by atoms with van der Waals surface area (Å²) >= 11 is 7.22. The van der Waals surface area contributed by atoms with E-state index in [1.54, 1.807) is 12.1 Å². The van der Waals surface area contributed by atoms with Crippen LogP contribution < -0.4 is 10.6 Å². The van der Waals surface area contributed by atoms with Gasteiger partial charge in [0.1, 0.15) is 5.52 Å². The van der Waals surface area contributed by atoms with Crippen LogP contribution in [0.1, 0.15) is 0 Å². The van der Waals surface area contributed by atoms with Gasteiger partial charge in [0.2, 0.25) is 0 Å². The van der Waals surface area contributed by atoms with Crippen molar-refractivity contribution in [2.24, 2.45) is 0 Å². The van der Waals surface area contributed by atoms with E-state index in [0.717, 1.165) is 10.8 Å². The summed E-state index contributed by atoms with van der Waals surface area (Å²) in [6.45, 7) is 0. The first-order valence-electron chi connectivity index (χ1n) is 6.11. The number of anilines is 2. The first kappa shape index (κ1) is 14.7. The molecule has 1 heterocycles. The lowest BCUT2D eigenvalue weighted by atomic mass is 10.3. The molecule has 1 aromatic heterocycles. The van der Waals surface area contributed by atoms with Gasteiger partial charge < -0.3 is 5.32 Å². The van der Waals surface area contributed by atoms with Gasteiger partial charge >= 0.3 is 6.03 Å². The third-order valence-electron chi connectivity index (χ3n) is 2.79. The van der Waals surface area contributed by atoms with E-state index in [9.17, 15) is 13.6 Å². The zero-order valence-electron chi connectivity index (χ0n) is 10.9. The SMILES string of the molecule is O=C(Nc1nc2c(Cl)cccc2s1)Nc1cccc(F)c1F. The zero-order valence-corrected chi connectivity index (χ0v) is 12.4. The standard InChI is InChI=1S/C14H8ClF2N3OS/c15-7-3-1-6-10-12(7)19-14(22-10)20-13(21)18-9-5-2-4-8(16)11(9)17/h1-6H,(H2,18,19,20,21). The summed E-state index contributed by atoms with van der Waals surface area (Å²) in [6.07, 6.45) is 0. The van der Waals surface area contributed by atoms with E-state index in [4.69, 9.17) is 11.6 Å². The van der Waals surface area contributed by atoms with Crippen LogP contribution in [0.4, 0.5) is 24.4 Å². The van der Waals surface area contributed by atoms with Gasteiger partial charge in [-0.05, 0) is 24.3 Å². The van der Waals surface area contributed by atoms with Crippen molar-refractivity contribution in [1.29, 1.82) is 0 Å². The highest BCUT2D eigenvalue weighted by atomic mass is 35.5. The fourth-order valence-electron chi connectivity index (χ4n) is 1.82. The van der Waals surface area contributed by atoms with Gasteiger partial charge in [0.15, 0.2) is 16.8 Å². The Bertz CT molecular complexity index is 868. The maximum absolute atomic E-state index is 13.5. The highest BCUT2D eigenvalue weighted by Crippen LogP contribution is 2.30. The Labute approximate surface area is 132 Å². The molecule has 2 aromatic carbocycles. The lowest BCUT2D eigenvalue weighted by Gasteiger charge is -2.06. The number of carbonyl (C=O) groups excluding carboxylic acids is 1. The van der Waals surface area contributed by atoms with Crippen molar-refractivity contribution in [3.05, 3.63) is 53.1 Å². The van der Waals surface area contributed by atoms with Crippen LogP contribution in [0.2, 0.25) is 5.02 Å². The van der Waals surface area contributed by atoms with E-state index in [0.29, 0.717) is 15.7 Å². The maximum Gasteiger partial charge on any atom is 0.325 e. The molecule has 2 N–H and O–H groups in total. The number of amides is 2. The molecule has 0 aliphatic carbocycles. The second-order valence-electron chi connectivity index (χ2n) is 4.29. The maximum atomic E-state index is 13.5. The Hall–Kier alpha value is -2.25. The molecule has 0 atom stereocenters. The Morgan fingerprint density at radius 1 is 1.14 bits per heavy atom. The number of aromatic nitrogens is 1. The molecule has 0 unspecified atom stereocenters. The van der Waals surface area contributed by atoms with Crippen molar-refractivity contribution in [2.75, 3.05) is 10.6 Å². The first-order chi connectivity index (χ1) is 10.5. The molecule has 3 aromatic rings. The number of urea groups is 1. The molecule has 0 fully saturated rings. The van der Waals surface area contributed by atoms with E-state index < -0.39 is 17.7 Å². The van der Waals surface area contributed by atoms with Crippen molar-refractivity contribution in [1.82, 2.24) is 4.98 Å². The normalized spacial score (nSPS) is 10.7. The molecular formula is C14H8ClF2N3OS. The van der Waals surface area contributed by atoms with Crippen molar-refractivity contribution >= 4 is 50.0 Å². The highest BCUT2D eigenvalue weighted by Gasteiger charge is 2.13. The van der Waals surface area contributed by atoms with Gasteiger partial charge in [-0.25, -0.2) is 18.6 Å². The second kappa shape index (κ2) is 5.86. The van der Waals surface area contributed by atoms with Crippen LogP contribution in [-0.4, -0.2) is 11.0 Å². The molecule has 0 saturated heterocycles. The fraction of sp³-hybridized carbons (Fsp3) is 0. The monoisotopic (exact) mass is 339 g/mol. The Morgan fingerprint density at radius 3 is 2.68 bits per heavy atom. The van der Waals surface area contributed by atoms with Crippen molar-refractivity contribution in [3.63, 3.8) is 0 Å². The third kappa shape index (κ3) is 2.86. The molecule has 2 amide bonds. The molecule has 0 aliphatic rings. The number of carbonyl (C=O) groups is 1. The van der Waals surface area contributed by atoms with Crippen molar-refractivity contribution in [3.8, 4) is 0 Å². The summed E-state index contributed by atoms with van der Waals surface area (Å²) in [5, 5.41) is 5.46. The van der Waals surface area contributed by atoms with Crippen LogP contribution in [0.3, 0.4) is 0 Å². The van der Waals surface area contributed by atoms with Gasteiger partial charge in [-0.2, -0.15) is 0 Å². The number of hydrogen-bond donors (Lipinski definition) is 2. The minimum atomic E-state index is -1.12. The Balaban J connectivity index is 1.78. The number of benzene rings is 2. The van der Waals surface area contributed by atoms with Gasteiger partial charge in [0.05, 0.1) is 15.4 Å². The predicted octanol–water partition coefficient (Wildman–Crippen LogP) is 4.87.